The van der Waals surface area contributed by atoms with Crippen molar-refractivity contribution < 1.29 is 0 Å². The number of rotatable bonds is 1. The zero-order chi connectivity index (χ0) is 9.97. The molecule has 0 saturated carbocycles. The van der Waals surface area contributed by atoms with Crippen LogP contribution in [0, 0.1) is 11.8 Å². The zero-order valence-electron chi connectivity index (χ0n) is 9.13. The van der Waals surface area contributed by atoms with E-state index in [1.807, 2.05) is 0 Å². The molecule has 0 aromatic carbocycles. The van der Waals surface area contributed by atoms with Crippen LogP contribution in [0.5, 0.6) is 0 Å². The number of nitrogens with two attached hydrogens (primary N) is 1. The molecule has 0 aromatic heterocycles. The first-order chi connectivity index (χ1) is 6.79. The van der Waals surface area contributed by atoms with E-state index in [0.717, 1.165) is 24.9 Å². The first-order valence-electron chi connectivity index (χ1n) is 5.98. The third-order valence-electron chi connectivity index (χ3n) is 3.96. The van der Waals surface area contributed by atoms with Crippen LogP contribution in [-0.2, 0) is 0 Å². The molecule has 4 unspecified atom stereocenters. The smallest absolute Gasteiger partial charge is 0.0197 e. The van der Waals surface area contributed by atoms with E-state index in [9.17, 15) is 0 Å². The van der Waals surface area contributed by atoms with Crippen molar-refractivity contribution in [2.45, 2.75) is 38.3 Å². The molecule has 2 aliphatic rings. The van der Waals surface area contributed by atoms with Gasteiger partial charge in [-0.05, 0) is 51.1 Å². The maximum atomic E-state index is 6.18. The molecule has 3 nitrogen and oxygen atoms in total. The molecule has 4 atom stereocenters. The molecule has 0 bridgehead atoms. The summed E-state index contributed by atoms with van der Waals surface area (Å²) in [5, 5.41) is 6.95. The second-order valence-electron chi connectivity index (χ2n) is 4.87. The minimum atomic E-state index is 0.371. The van der Waals surface area contributed by atoms with Crippen LogP contribution in [0.3, 0.4) is 0 Å². The van der Waals surface area contributed by atoms with Crippen molar-refractivity contribution in [2.24, 2.45) is 17.6 Å². The van der Waals surface area contributed by atoms with E-state index in [2.05, 4.69) is 17.6 Å². The molecule has 0 amide bonds. The van der Waals surface area contributed by atoms with Gasteiger partial charge >= 0.3 is 0 Å². The van der Waals surface area contributed by atoms with E-state index in [4.69, 9.17) is 5.73 Å². The van der Waals surface area contributed by atoms with Crippen molar-refractivity contribution in [1.82, 2.24) is 10.6 Å². The second-order valence-corrected chi connectivity index (χ2v) is 4.87. The molecular weight excluding hydrogens is 174 g/mol. The molecule has 0 spiro atoms. The van der Waals surface area contributed by atoms with Crippen molar-refractivity contribution in [1.29, 1.82) is 0 Å². The maximum Gasteiger partial charge on any atom is 0.0197 e. The fraction of sp³-hybridized carbons (Fsp3) is 1.00. The lowest BCUT2D eigenvalue weighted by atomic mass is 9.74. The summed E-state index contributed by atoms with van der Waals surface area (Å²) >= 11 is 0. The predicted octanol–water partition coefficient (Wildman–Crippen LogP) is 0.311. The molecule has 0 aromatic rings. The Balaban J connectivity index is 1.96. The van der Waals surface area contributed by atoms with Crippen LogP contribution in [0.4, 0.5) is 0 Å². The van der Waals surface area contributed by atoms with Crippen molar-refractivity contribution in [3.05, 3.63) is 0 Å². The molecule has 0 radical (unpaired) electrons. The van der Waals surface area contributed by atoms with Gasteiger partial charge in [-0.15, -0.1) is 0 Å². The molecule has 2 fully saturated rings. The predicted molar refractivity (Wildman–Crippen MR) is 59.1 cm³/mol. The molecular formula is C11H23N3. The largest absolute Gasteiger partial charge is 0.326 e. The Labute approximate surface area is 86.8 Å². The second kappa shape index (κ2) is 4.60. The van der Waals surface area contributed by atoms with Gasteiger partial charge in [-0.1, -0.05) is 0 Å². The van der Waals surface area contributed by atoms with E-state index < -0.39 is 0 Å². The Kier molecular flexibility index (Phi) is 3.42. The maximum absolute atomic E-state index is 6.18. The van der Waals surface area contributed by atoms with Crippen molar-refractivity contribution >= 4 is 0 Å². The molecule has 82 valence electrons. The fourth-order valence-electron chi connectivity index (χ4n) is 3.09. The molecule has 2 saturated heterocycles. The lowest BCUT2D eigenvalue weighted by Gasteiger charge is -2.41. The molecule has 14 heavy (non-hydrogen) atoms. The van der Waals surface area contributed by atoms with Gasteiger partial charge in [-0.3, -0.25) is 0 Å². The average molecular weight is 197 g/mol. The van der Waals surface area contributed by atoms with Gasteiger partial charge in [0.2, 0.25) is 0 Å². The molecule has 2 aliphatic heterocycles. The Morgan fingerprint density at radius 2 is 2.00 bits per heavy atom. The van der Waals surface area contributed by atoms with E-state index in [1.54, 1.807) is 0 Å². The summed E-state index contributed by atoms with van der Waals surface area (Å²) in [5.74, 6) is 1.54. The lowest BCUT2D eigenvalue weighted by Crippen LogP contribution is -2.53. The quantitative estimate of drug-likeness (QED) is 0.567. The Bertz CT molecular complexity index is 163. The van der Waals surface area contributed by atoms with Crippen LogP contribution in [0.15, 0.2) is 0 Å². The highest BCUT2D eigenvalue weighted by Crippen LogP contribution is 2.30. The SMILES string of the molecule is CC1NCCCC1C1CCNCC1N. The van der Waals surface area contributed by atoms with Gasteiger partial charge in [0.1, 0.15) is 0 Å². The highest BCUT2D eigenvalue weighted by molar-refractivity contribution is 4.91. The summed E-state index contributed by atoms with van der Waals surface area (Å²) in [7, 11) is 0. The lowest BCUT2D eigenvalue weighted by molar-refractivity contribution is 0.154. The summed E-state index contributed by atoms with van der Waals surface area (Å²) in [6.07, 6.45) is 3.95. The Hall–Kier alpha value is -0.120. The highest BCUT2D eigenvalue weighted by Gasteiger charge is 2.33. The number of nitrogens with one attached hydrogen (secondary N) is 2. The summed E-state index contributed by atoms with van der Waals surface area (Å²) in [6, 6.07) is 1.04. The fourth-order valence-corrected chi connectivity index (χ4v) is 3.09. The first kappa shape index (κ1) is 10.4. The summed E-state index contributed by atoms with van der Waals surface area (Å²) in [4.78, 5) is 0. The van der Waals surface area contributed by atoms with Crippen molar-refractivity contribution in [3.63, 3.8) is 0 Å². The number of hydrogen-bond donors (Lipinski definition) is 3. The van der Waals surface area contributed by atoms with Crippen LogP contribution in [0.1, 0.15) is 26.2 Å². The summed E-state index contributed by atoms with van der Waals surface area (Å²) in [5.41, 5.74) is 6.18. The minimum absolute atomic E-state index is 0.371. The van der Waals surface area contributed by atoms with Crippen molar-refractivity contribution in [2.75, 3.05) is 19.6 Å². The van der Waals surface area contributed by atoms with Crippen molar-refractivity contribution in [3.8, 4) is 0 Å². The van der Waals surface area contributed by atoms with E-state index in [1.165, 1.54) is 25.8 Å². The van der Waals surface area contributed by atoms with Gasteiger partial charge < -0.3 is 16.4 Å². The molecule has 3 heteroatoms. The van der Waals surface area contributed by atoms with Crippen LogP contribution < -0.4 is 16.4 Å². The van der Waals surface area contributed by atoms with E-state index in [-0.39, 0.29) is 0 Å². The third kappa shape index (κ3) is 2.10. The van der Waals surface area contributed by atoms with Crippen LogP contribution in [0.25, 0.3) is 0 Å². The third-order valence-corrected chi connectivity index (χ3v) is 3.96. The monoisotopic (exact) mass is 197 g/mol. The van der Waals surface area contributed by atoms with Gasteiger partial charge in [0.15, 0.2) is 0 Å². The van der Waals surface area contributed by atoms with Crippen LogP contribution in [-0.4, -0.2) is 31.7 Å². The molecule has 2 rings (SSSR count). The topological polar surface area (TPSA) is 50.1 Å². The minimum Gasteiger partial charge on any atom is -0.326 e. The number of hydrogen-bond acceptors (Lipinski definition) is 3. The Morgan fingerprint density at radius 1 is 1.14 bits per heavy atom. The number of piperidine rings is 2. The van der Waals surface area contributed by atoms with Gasteiger partial charge in [0.25, 0.3) is 0 Å². The van der Waals surface area contributed by atoms with Gasteiger partial charge in [-0.25, -0.2) is 0 Å². The molecule has 0 aliphatic carbocycles. The normalized spacial score (nSPS) is 45.0. The molecule has 4 N–H and O–H groups in total. The van der Waals surface area contributed by atoms with Crippen LogP contribution >= 0.6 is 0 Å². The average Bonchev–Trinajstić information content (AvgIpc) is 2.20. The summed E-state index contributed by atoms with van der Waals surface area (Å²) in [6.45, 7) is 5.67. The van der Waals surface area contributed by atoms with E-state index in [0.29, 0.717) is 12.1 Å². The zero-order valence-corrected chi connectivity index (χ0v) is 9.13. The Morgan fingerprint density at radius 3 is 2.71 bits per heavy atom. The standard InChI is InChI=1S/C11H23N3/c1-8-9(3-2-5-14-8)10-4-6-13-7-11(10)12/h8-11,13-14H,2-7,12H2,1H3. The van der Waals surface area contributed by atoms with Crippen LogP contribution in [0.2, 0.25) is 0 Å². The van der Waals surface area contributed by atoms with Gasteiger partial charge in [0, 0.05) is 18.6 Å². The first-order valence-corrected chi connectivity index (χ1v) is 5.98. The molecule has 2 heterocycles. The van der Waals surface area contributed by atoms with Gasteiger partial charge in [-0.2, -0.15) is 0 Å². The van der Waals surface area contributed by atoms with E-state index >= 15 is 0 Å². The highest BCUT2D eigenvalue weighted by atomic mass is 15.0. The summed E-state index contributed by atoms with van der Waals surface area (Å²) < 4.78 is 0. The van der Waals surface area contributed by atoms with Gasteiger partial charge in [0.05, 0.1) is 0 Å².